The van der Waals surface area contributed by atoms with Gasteiger partial charge < -0.3 is 10.6 Å². The van der Waals surface area contributed by atoms with Gasteiger partial charge in [-0.1, -0.05) is 0 Å². The molecule has 6 heteroatoms. The maximum Gasteiger partial charge on any atom is 0.446 e. The lowest BCUT2D eigenvalue weighted by Gasteiger charge is -2.29. The first-order valence-electron chi connectivity index (χ1n) is 4.86. The fourth-order valence-electron chi connectivity index (χ4n) is 1.38. The minimum Gasteiger partial charge on any atom is -0.380 e. The van der Waals surface area contributed by atoms with E-state index in [-0.39, 0.29) is 16.7 Å². The number of thioether (sulfide) groups is 1. The monoisotopic (exact) mass is 248 g/mol. The van der Waals surface area contributed by atoms with Gasteiger partial charge in [-0.05, 0) is 36.0 Å². The van der Waals surface area contributed by atoms with Crippen molar-refractivity contribution in [3.8, 4) is 0 Å². The number of anilines is 1. The molecule has 0 radical (unpaired) electrons. The fraction of sp³-hybridized carbons (Fsp3) is 0.400. The molecule has 0 aromatic heterocycles. The third kappa shape index (κ3) is 3.31. The number of alkyl halides is 3. The first-order valence-corrected chi connectivity index (χ1v) is 5.68. The molecule has 0 aliphatic carbocycles. The van der Waals surface area contributed by atoms with Gasteiger partial charge in [-0.3, -0.25) is 0 Å². The first-order chi connectivity index (χ1) is 7.53. The normalized spacial score (nSPS) is 16.9. The van der Waals surface area contributed by atoms with E-state index in [9.17, 15) is 13.2 Å². The van der Waals surface area contributed by atoms with Crippen LogP contribution in [0, 0.1) is 0 Å². The molecule has 2 rings (SSSR count). The van der Waals surface area contributed by atoms with Crippen LogP contribution in [0.4, 0.5) is 18.9 Å². The van der Waals surface area contributed by atoms with Crippen LogP contribution in [0.2, 0.25) is 0 Å². The Morgan fingerprint density at radius 2 is 1.81 bits per heavy atom. The van der Waals surface area contributed by atoms with Crippen molar-refractivity contribution in [1.29, 1.82) is 0 Å². The van der Waals surface area contributed by atoms with E-state index >= 15 is 0 Å². The van der Waals surface area contributed by atoms with Crippen LogP contribution in [0.3, 0.4) is 0 Å². The summed E-state index contributed by atoms with van der Waals surface area (Å²) >= 11 is -0.0921. The topological polar surface area (TPSA) is 24.1 Å². The highest BCUT2D eigenvalue weighted by atomic mass is 32.2. The Bertz CT molecular complexity index is 346. The van der Waals surface area contributed by atoms with Gasteiger partial charge in [0.15, 0.2) is 0 Å². The Morgan fingerprint density at radius 1 is 1.19 bits per heavy atom. The molecule has 1 aliphatic heterocycles. The second kappa shape index (κ2) is 4.55. The van der Waals surface area contributed by atoms with E-state index in [1.54, 1.807) is 12.1 Å². The van der Waals surface area contributed by atoms with Crippen LogP contribution in [0.5, 0.6) is 0 Å². The van der Waals surface area contributed by atoms with Gasteiger partial charge in [0.25, 0.3) is 0 Å². The molecule has 88 valence electrons. The summed E-state index contributed by atoms with van der Waals surface area (Å²) in [5.74, 6) is 0. The maximum atomic E-state index is 12.1. The van der Waals surface area contributed by atoms with Crippen LogP contribution in [0.1, 0.15) is 0 Å². The van der Waals surface area contributed by atoms with Crippen LogP contribution in [-0.2, 0) is 0 Å². The molecule has 0 amide bonds. The molecule has 0 spiro atoms. The van der Waals surface area contributed by atoms with E-state index in [0.29, 0.717) is 6.04 Å². The smallest absolute Gasteiger partial charge is 0.380 e. The summed E-state index contributed by atoms with van der Waals surface area (Å²) in [5, 5.41) is 6.32. The second-order valence-corrected chi connectivity index (χ2v) is 4.71. The van der Waals surface area contributed by atoms with Gasteiger partial charge in [0.05, 0.1) is 6.04 Å². The van der Waals surface area contributed by atoms with Crippen LogP contribution in [-0.4, -0.2) is 24.6 Å². The lowest BCUT2D eigenvalue weighted by atomic mass is 10.1. The van der Waals surface area contributed by atoms with Gasteiger partial charge in [-0.2, -0.15) is 13.2 Å². The lowest BCUT2D eigenvalue weighted by Crippen LogP contribution is -2.51. The zero-order chi connectivity index (χ0) is 11.6. The van der Waals surface area contributed by atoms with E-state index in [2.05, 4.69) is 10.6 Å². The largest absolute Gasteiger partial charge is 0.446 e. The van der Waals surface area contributed by atoms with Gasteiger partial charge in [0, 0.05) is 23.7 Å². The fourth-order valence-corrected chi connectivity index (χ4v) is 1.92. The summed E-state index contributed by atoms with van der Waals surface area (Å²) in [7, 11) is 0. The number of nitrogens with one attached hydrogen (secondary N) is 2. The lowest BCUT2D eigenvalue weighted by molar-refractivity contribution is -0.0328. The summed E-state index contributed by atoms with van der Waals surface area (Å²) in [6, 6.07) is 6.69. The number of hydrogen-bond acceptors (Lipinski definition) is 3. The summed E-state index contributed by atoms with van der Waals surface area (Å²) < 4.78 is 36.2. The van der Waals surface area contributed by atoms with Crippen molar-refractivity contribution in [2.45, 2.75) is 16.4 Å². The molecule has 2 N–H and O–H groups in total. The van der Waals surface area contributed by atoms with Crippen LogP contribution in [0.15, 0.2) is 29.2 Å². The van der Waals surface area contributed by atoms with E-state index in [0.717, 1.165) is 18.8 Å². The molecule has 0 bridgehead atoms. The molecule has 1 heterocycles. The van der Waals surface area contributed by atoms with Crippen molar-refractivity contribution in [1.82, 2.24) is 5.32 Å². The summed E-state index contributed by atoms with van der Waals surface area (Å²) in [6.45, 7) is 1.80. The second-order valence-electron chi connectivity index (χ2n) is 3.57. The van der Waals surface area contributed by atoms with Crippen LogP contribution < -0.4 is 10.6 Å². The Kier molecular flexibility index (Phi) is 3.30. The quantitative estimate of drug-likeness (QED) is 0.804. The van der Waals surface area contributed by atoms with Gasteiger partial charge in [-0.25, -0.2) is 0 Å². The molecule has 1 aromatic carbocycles. The minimum atomic E-state index is -4.22. The number of benzene rings is 1. The molecular formula is C10H11F3N2S. The van der Waals surface area contributed by atoms with Crippen molar-refractivity contribution in [3.05, 3.63) is 24.3 Å². The maximum absolute atomic E-state index is 12.1. The summed E-state index contributed by atoms with van der Waals surface area (Å²) in [4.78, 5) is 0.213. The van der Waals surface area contributed by atoms with Gasteiger partial charge in [0.2, 0.25) is 0 Å². The highest BCUT2D eigenvalue weighted by molar-refractivity contribution is 8.00. The van der Waals surface area contributed by atoms with Gasteiger partial charge >= 0.3 is 5.51 Å². The number of halogens is 3. The van der Waals surface area contributed by atoms with Crippen molar-refractivity contribution in [2.75, 3.05) is 18.4 Å². The molecule has 1 aromatic rings. The van der Waals surface area contributed by atoms with E-state index in [4.69, 9.17) is 0 Å². The van der Waals surface area contributed by atoms with E-state index in [1.807, 2.05) is 0 Å². The molecule has 16 heavy (non-hydrogen) atoms. The summed E-state index contributed by atoms with van der Waals surface area (Å²) in [5.41, 5.74) is -3.36. The average Bonchev–Trinajstić information content (AvgIpc) is 2.11. The molecule has 2 nitrogen and oxygen atoms in total. The zero-order valence-electron chi connectivity index (χ0n) is 8.34. The van der Waals surface area contributed by atoms with Gasteiger partial charge in [0.1, 0.15) is 0 Å². The molecule has 1 aliphatic rings. The Hall–Kier alpha value is -0.880. The Morgan fingerprint density at radius 3 is 2.25 bits per heavy atom. The minimum absolute atomic E-state index is 0.0921. The molecule has 0 atom stereocenters. The molecule has 1 saturated heterocycles. The number of hydrogen-bond donors (Lipinski definition) is 2. The van der Waals surface area contributed by atoms with E-state index < -0.39 is 5.51 Å². The zero-order valence-corrected chi connectivity index (χ0v) is 9.16. The molecule has 1 fully saturated rings. The Labute approximate surface area is 95.6 Å². The van der Waals surface area contributed by atoms with Crippen molar-refractivity contribution in [2.24, 2.45) is 0 Å². The SMILES string of the molecule is FC(F)(F)Sc1ccc(NC2CNC2)cc1. The first kappa shape index (κ1) is 11.6. The highest BCUT2D eigenvalue weighted by Gasteiger charge is 2.29. The third-order valence-electron chi connectivity index (χ3n) is 2.24. The van der Waals surface area contributed by atoms with Gasteiger partial charge in [-0.15, -0.1) is 0 Å². The average molecular weight is 248 g/mol. The van der Waals surface area contributed by atoms with E-state index in [1.165, 1.54) is 12.1 Å². The standard InChI is InChI=1S/C10H11F3N2S/c11-10(12,13)16-9-3-1-7(2-4-9)15-8-5-14-6-8/h1-4,8,14-15H,5-6H2. The third-order valence-corrected chi connectivity index (χ3v) is 2.98. The molecule has 0 saturated carbocycles. The predicted molar refractivity (Wildman–Crippen MR) is 58.6 cm³/mol. The number of rotatable bonds is 3. The summed E-state index contributed by atoms with van der Waals surface area (Å²) in [6.07, 6.45) is 0. The van der Waals surface area contributed by atoms with Crippen LogP contribution in [0.25, 0.3) is 0 Å². The van der Waals surface area contributed by atoms with Crippen molar-refractivity contribution < 1.29 is 13.2 Å². The molecular weight excluding hydrogens is 237 g/mol. The molecule has 0 unspecified atom stereocenters. The predicted octanol–water partition coefficient (Wildman–Crippen LogP) is 2.68. The highest BCUT2D eigenvalue weighted by Crippen LogP contribution is 2.37. The van der Waals surface area contributed by atoms with Crippen molar-refractivity contribution in [3.63, 3.8) is 0 Å². The Balaban J connectivity index is 1.93. The van der Waals surface area contributed by atoms with Crippen LogP contribution >= 0.6 is 11.8 Å². The van der Waals surface area contributed by atoms with Crippen molar-refractivity contribution >= 4 is 17.4 Å².